The summed E-state index contributed by atoms with van der Waals surface area (Å²) in [4.78, 5) is 19.9. The molecule has 8 aromatic rings. The van der Waals surface area contributed by atoms with Crippen LogP contribution in [0.3, 0.4) is 0 Å². The molecule has 0 atom stereocenters. The first-order chi connectivity index (χ1) is 23.3. The Hall–Kier alpha value is -6.40. The van der Waals surface area contributed by atoms with Gasteiger partial charge in [-0.05, 0) is 40.5 Å². The van der Waals surface area contributed by atoms with Crippen molar-refractivity contribution in [2.75, 3.05) is 0 Å². The molecule has 0 amide bonds. The first-order valence-electron chi connectivity index (χ1n) is 15.7. The van der Waals surface area contributed by atoms with E-state index >= 15 is 0 Å². The molecule has 220 valence electrons. The lowest BCUT2D eigenvalue weighted by molar-refractivity contribution is 0.340. The number of rotatable bonds is 3. The molecule has 0 N–H and O–H groups in total. The maximum absolute atomic E-state index is 6.75. The van der Waals surface area contributed by atoms with E-state index in [1.54, 1.807) is 0 Å². The SMILES string of the molecule is c1ccc(-c2nc(-c3ccccc3)nc(-c3ccc4c(c3)Oc3nc5ccccc5n3C43c4ccccc4-c4ccccc43)n2)cc1. The van der Waals surface area contributed by atoms with Gasteiger partial charge in [-0.2, -0.15) is 4.98 Å². The van der Waals surface area contributed by atoms with Gasteiger partial charge in [0.25, 0.3) is 0 Å². The van der Waals surface area contributed by atoms with Gasteiger partial charge in [-0.15, -0.1) is 0 Å². The van der Waals surface area contributed by atoms with E-state index in [0.29, 0.717) is 23.5 Å². The Morgan fingerprint density at radius 3 is 1.62 bits per heavy atom. The van der Waals surface area contributed by atoms with Crippen LogP contribution < -0.4 is 4.74 Å². The molecule has 0 saturated heterocycles. The molecular weight excluding hydrogens is 578 g/mol. The maximum atomic E-state index is 6.75. The lowest BCUT2D eigenvalue weighted by atomic mass is 9.78. The minimum atomic E-state index is -0.686. The number of para-hydroxylation sites is 2. The molecule has 0 fully saturated rings. The van der Waals surface area contributed by atoms with Crippen molar-refractivity contribution < 1.29 is 4.74 Å². The molecule has 1 aliphatic carbocycles. The molecule has 0 unspecified atom stereocenters. The van der Waals surface area contributed by atoms with Crippen LogP contribution in [0.2, 0.25) is 0 Å². The molecule has 10 rings (SSSR count). The highest BCUT2D eigenvalue weighted by atomic mass is 16.5. The summed E-state index contributed by atoms with van der Waals surface area (Å²) >= 11 is 0. The average Bonchev–Trinajstić information content (AvgIpc) is 3.66. The molecule has 2 aliphatic rings. The van der Waals surface area contributed by atoms with Gasteiger partial charge in [0.15, 0.2) is 17.5 Å². The van der Waals surface area contributed by atoms with Gasteiger partial charge in [0, 0.05) is 22.3 Å². The average molecular weight is 604 g/mol. The molecule has 2 aromatic heterocycles. The van der Waals surface area contributed by atoms with Crippen molar-refractivity contribution in [3.63, 3.8) is 0 Å². The zero-order chi connectivity index (χ0) is 31.0. The van der Waals surface area contributed by atoms with Crippen molar-refractivity contribution in [2.24, 2.45) is 0 Å². The van der Waals surface area contributed by atoms with Crippen LogP contribution in [-0.2, 0) is 5.54 Å². The van der Waals surface area contributed by atoms with Crippen LogP contribution in [0, 0.1) is 0 Å². The summed E-state index contributed by atoms with van der Waals surface area (Å²) in [6.45, 7) is 0. The summed E-state index contributed by atoms with van der Waals surface area (Å²) in [6, 6.07) is 52.6. The minimum Gasteiger partial charge on any atom is -0.425 e. The van der Waals surface area contributed by atoms with Gasteiger partial charge in [-0.3, -0.25) is 4.57 Å². The lowest BCUT2D eigenvalue weighted by Gasteiger charge is -2.39. The summed E-state index contributed by atoms with van der Waals surface area (Å²) in [5, 5.41) is 0. The van der Waals surface area contributed by atoms with Crippen molar-refractivity contribution in [3.05, 3.63) is 168 Å². The highest BCUT2D eigenvalue weighted by Crippen LogP contribution is 2.59. The predicted molar refractivity (Wildman–Crippen MR) is 183 cm³/mol. The Morgan fingerprint density at radius 1 is 0.447 bits per heavy atom. The molecule has 1 aliphatic heterocycles. The van der Waals surface area contributed by atoms with Gasteiger partial charge in [0.2, 0.25) is 0 Å². The van der Waals surface area contributed by atoms with Crippen LogP contribution in [0.25, 0.3) is 56.3 Å². The number of aromatic nitrogens is 5. The van der Waals surface area contributed by atoms with Gasteiger partial charge in [-0.25, -0.2) is 15.0 Å². The molecule has 6 aromatic carbocycles. The second-order valence-corrected chi connectivity index (χ2v) is 11.9. The lowest BCUT2D eigenvalue weighted by Crippen LogP contribution is -2.38. The molecule has 3 heterocycles. The van der Waals surface area contributed by atoms with Crippen molar-refractivity contribution >= 4 is 11.0 Å². The number of nitrogens with zero attached hydrogens (tertiary/aromatic N) is 5. The fraction of sp³-hybridized carbons (Fsp3) is 0.0244. The highest BCUT2D eigenvalue weighted by molar-refractivity contribution is 5.88. The van der Waals surface area contributed by atoms with E-state index in [4.69, 9.17) is 24.7 Å². The number of benzene rings is 6. The van der Waals surface area contributed by atoms with Gasteiger partial charge in [-0.1, -0.05) is 133 Å². The molecular formula is C41H25N5O. The maximum Gasteiger partial charge on any atom is 0.304 e. The third-order valence-corrected chi connectivity index (χ3v) is 9.32. The number of hydrogen-bond donors (Lipinski definition) is 0. The van der Waals surface area contributed by atoms with Crippen LogP contribution in [0.1, 0.15) is 16.7 Å². The summed E-state index contributed by atoms with van der Waals surface area (Å²) in [7, 11) is 0. The van der Waals surface area contributed by atoms with Crippen LogP contribution >= 0.6 is 0 Å². The molecule has 47 heavy (non-hydrogen) atoms. The van der Waals surface area contributed by atoms with Crippen LogP contribution in [-0.4, -0.2) is 24.5 Å². The third kappa shape index (κ3) is 3.66. The highest BCUT2D eigenvalue weighted by Gasteiger charge is 2.52. The van der Waals surface area contributed by atoms with Crippen molar-refractivity contribution in [3.8, 4) is 57.1 Å². The Kier molecular flexibility index (Phi) is 5.40. The van der Waals surface area contributed by atoms with E-state index in [-0.39, 0.29) is 0 Å². The van der Waals surface area contributed by atoms with E-state index < -0.39 is 5.54 Å². The van der Waals surface area contributed by atoms with Gasteiger partial charge < -0.3 is 4.74 Å². The van der Waals surface area contributed by atoms with E-state index in [1.165, 1.54) is 22.3 Å². The summed E-state index contributed by atoms with van der Waals surface area (Å²) in [6.07, 6.45) is 0. The molecule has 6 heteroatoms. The molecule has 1 spiro atoms. The second-order valence-electron chi connectivity index (χ2n) is 11.9. The number of fused-ring (bicyclic) bond motifs is 11. The monoisotopic (exact) mass is 603 g/mol. The number of ether oxygens (including phenoxy) is 1. The van der Waals surface area contributed by atoms with Crippen molar-refractivity contribution in [1.82, 2.24) is 24.5 Å². The Balaban J connectivity index is 1.24. The Labute approximate surface area is 270 Å². The van der Waals surface area contributed by atoms with E-state index in [2.05, 4.69) is 83.4 Å². The number of hydrogen-bond acceptors (Lipinski definition) is 5. The summed E-state index contributed by atoms with van der Waals surface area (Å²) < 4.78 is 9.03. The van der Waals surface area contributed by atoms with Crippen molar-refractivity contribution in [2.45, 2.75) is 5.54 Å². The molecule has 0 saturated carbocycles. The largest absolute Gasteiger partial charge is 0.425 e. The molecule has 0 bridgehead atoms. The molecule has 0 radical (unpaired) electrons. The van der Waals surface area contributed by atoms with Gasteiger partial charge in [0.05, 0.1) is 11.0 Å². The zero-order valence-corrected chi connectivity index (χ0v) is 25.1. The van der Waals surface area contributed by atoms with Gasteiger partial charge >= 0.3 is 6.01 Å². The van der Waals surface area contributed by atoms with E-state index in [9.17, 15) is 0 Å². The first-order valence-corrected chi connectivity index (χ1v) is 15.7. The van der Waals surface area contributed by atoms with E-state index in [1.807, 2.05) is 72.8 Å². The van der Waals surface area contributed by atoms with E-state index in [0.717, 1.165) is 39.0 Å². The summed E-state index contributed by atoms with van der Waals surface area (Å²) in [5.41, 5.74) is 9.74. The topological polar surface area (TPSA) is 65.7 Å². The predicted octanol–water partition coefficient (Wildman–Crippen LogP) is 9.15. The fourth-order valence-electron chi connectivity index (χ4n) is 7.34. The smallest absolute Gasteiger partial charge is 0.304 e. The van der Waals surface area contributed by atoms with Gasteiger partial charge in [0.1, 0.15) is 11.3 Å². The Bertz CT molecular complexity index is 2400. The van der Waals surface area contributed by atoms with Crippen LogP contribution in [0.4, 0.5) is 0 Å². The van der Waals surface area contributed by atoms with Crippen LogP contribution in [0.15, 0.2) is 152 Å². The summed E-state index contributed by atoms with van der Waals surface area (Å²) in [5.74, 6) is 2.53. The first kappa shape index (κ1) is 25.9. The minimum absolute atomic E-state index is 0.549. The molecule has 6 nitrogen and oxygen atoms in total. The number of imidazole rings is 1. The standard InChI is InChI=1S/C41H25N5O/c1-3-13-26(14-4-1)37-43-38(27-15-5-2-6-16-27)45-39(44-37)28-23-24-33-36(25-28)47-40-42-34-21-11-12-22-35(34)46(40)41(33)31-19-9-7-17-29(31)30-18-8-10-20-32(30)41/h1-25H. The normalized spacial score (nSPS) is 13.4. The Morgan fingerprint density at radius 2 is 0.979 bits per heavy atom. The fourth-order valence-corrected chi connectivity index (χ4v) is 7.34. The third-order valence-electron chi connectivity index (χ3n) is 9.32. The van der Waals surface area contributed by atoms with Crippen molar-refractivity contribution in [1.29, 1.82) is 0 Å². The quantitative estimate of drug-likeness (QED) is 0.202. The van der Waals surface area contributed by atoms with Crippen LogP contribution in [0.5, 0.6) is 11.8 Å². The second kappa shape index (κ2) is 9.80. The zero-order valence-electron chi connectivity index (χ0n) is 25.1.